The first-order valence-corrected chi connectivity index (χ1v) is 10.4. The van der Waals surface area contributed by atoms with Crippen LogP contribution in [0.2, 0.25) is 0 Å². The van der Waals surface area contributed by atoms with Gasteiger partial charge in [0.1, 0.15) is 18.2 Å². The fraction of sp³-hybridized carbons (Fsp3) is 0.250. The molecule has 3 aromatic rings. The lowest BCUT2D eigenvalue weighted by Crippen LogP contribution is -2.17. The Morgan fingerprint density at radius 3 is 2.23 bits per heavy atom. The van der Waals surface area contributed by atoms with Crippen molar-refractivity contribution in [2.75, 3.05) is 24.3 Å². The van der Waals surface area contributed by atoms with E-state index in [0.29, 0.717) is 34.9 Å². The number of carbonyl (C=O) groups excluding carboxylic acids is 1. The van der Waals surface area contributed by atoms with E-state index in [4.69, 9.17) is 9.84 Å². The van der Waals surface area contributed by atoms with Crippen LogP contribution in [-0.2, 0) is 35.2 Å². The number of amides is 1. The van der Waals surface area contributed by atoms with Crippen molar-refractivity contribution in [3.05, 3.63) is 82.8 Å². The number of rotatable bonds is 8. The lowest BCUT2D eigenvalue weighted by molar-refractivity contribution is -0.138. The summed E-state index contributed by atoms with van der Waals surface area (Å²) in [6.07, 6.45) is -3.44. The largest absolute Gasteiger partial charge is 0.481 e. The van der Waals surface area contributed by atoms with Crippen molar-refractivity contribution in [1.29, 1.82) is 0 Å². The Labute approximate surface area is 199 Å². The average molecular weight is 488 g/mol. The van der Waals surface area contributed by atoms with Crippen molar-refractivity contribution >= 4 is 23.6 Å². The summed E-state index contributed by atoms with van der Waals surface area (Å²) in [7, 11) is 3.54. The molecular formula is C24H23F3N4O4. The summed E-state index contributed by atoms with van der Waals surface area (Å²) < 4.78 is 42.9. The molecule has 0 radical (unpaired) electrons. The zero-order valence-electron chi connectivity index (χ0n) is 19.0. The van der Waals surface area contributed by atoms with E-state index in [9.17, 15) is 22.8 Å². The van der Waals surface area contributed by atoms with Crippen LogP contribution in [0.4, 0.5) is 29.5 Å². The van der Waals surface area contributed by atoms with Crippen LogP contribution >= 0.6 is 0 Å². The minimum absolute atomic E-state index is 0.175. The lowest BCUT2D eigenvalue weighted by Gasteiger charge is -2.16. The summed E-state index contributed by atoms with van der Waals surface area (Å²) in [6.45, 7) is -0.175. The highest BCUT2D eigenvalue weighted by molar-refractivity contribution is 5.84. The molecule has 1 heterocycles. The third kappa shape index (κ3) is 7.42. The molecule has 35 heavy (non-hydrogen) atoms. The first-order chi connectivity index (χ1) is 16.5. The van der Waals surface area contributed by atoms with Crippen LogP contribution in [0.25, 0.3) is 0 Å². The fourth-order valence-corrected chi connectivity index (χ4v) is 3.17. The number of nitrogens with zero attached hydrogens (tertiary/aromatic N) is 3. The maximum absolute atomic E-state index is 12.6. The molecular weight excluding hydrogens is 465 g/mol. The van der Waals surface area contributed by atoms with Gasteiger partial charge in [0.15, 0.2) is 0 Å². The lowest BCUT2D eigenvalue weighted by atomic mass is 10.1. The molecule has 0 unspecified atom stereocenters. The van der Waals surface area contributed by atoms with E-state index < -0.39 is 23.8 Å². The summed E-state index contributed by atoms with van der Waals surface area (Å²) in [6, 6.07) is 11.2. The molecule has 0 fully saturated rings. The first-order valence-electron chi connectivity index (χ1n) is 10.4. The number of carboxylic acids is 1. The number of carbonyl (C=O) groups is 2. The summed E-state index contributed by atoms with van der Waals surface area (Å²) in [5.74, 6) is 0.0800. The fourth-order valence-electron chi connectivity index (χ4n) is 3.17. The predicted molar refractivity (Wildman–Crippen MR) is 122 cm³/mol. The molecule has 0 saturated heterocycles. The van der Waals surface area contributed by atoms with Crippen molar-refractivity contribution in [2.24, 2.45) is 0 Å². The van der Waals surface area contributed by atoms with E-state index in [1.165, 1.54) is 18.3 Å². The molecule has 184 valence electrons. The molecule has 0 aliphatic heterocycles. The number of ether oxygens (including phenoxy) is 1. The molecule has 11 heteroatoms. The van der Waals surface area contributed by atoms with Crippen molar-refractivity contribution in [3.63, 3.8) is 0 Å². The minimum atomic E-state index is -4.42. The Kier molecular flexibility index (Phi) is 7.90. The molecule has 0 bridgehead atoms. The molecule has 2 N–H and O–H groups in total. The van der Waals surface area contributed by atoms with Crippen molar-refractivity contribution in [2.45, 2.75) is 25.6 Å². The van der Waals surface area contributed by atoms with Gasteiger partial charge in [0.05, 0.1) is 12.0 Å². The van der Waals surface area contributed by atoms with Gasteiger partial charge in [-0.15, -0.1) is 0 Å². The molecule has 0 aliphatic carbocycles. The highest BCUT2D eigenvalue weighted by Gasteiger charge is 2.29. The summed E-state index contributed by atoms with van der Waals surface area (Å²) in [5.41, 5.74) is 1.50. The van der Waals surface area contributed by atoms with Gasteiger partial charge in [-0.25, -0.2) is 14.8 Å². The van der Waals surface area contributed by atoms with Crippen LogP contribution < -0.4 is 10.2 Å². The predicted octanol–water partition coefficient (Wildman–Crippen LogP) is 4.53. The van der Waals surface area contributed by atoms with Gasteiger partial charge in [0, 0.05) is 38.0 Å². The maximum atomic E-state index is 12.6. The highest BCUT2D eigenvalue weighted by atomic mass is 19.4. The summed E-state index contributed by atoms with van der Waals surface area (Å²) in [4.78, 5) is 33.5. The topological polar surface area (TPSA) is 105 Å². The van der Waals surface area contributed by atoms with Gasteiger partial charge < -0.3 is 14.7 Å². The van der Waals surface area contributed by atoms with Gasteiger partial charge in [-0.05, 0) is 35.4 Å². The molecule has 3 rings (SSSR count). The molecule has 2 aromatic carbocycles. The zero-order chi connectivity index (χ0) is 25.6. The number of hydrogen-bond acceptors (Lipinski definition) is 6. The van der Waals surface area contributed by atoms with Gasteiger partial charge in [-0.1, -0.05) is 24.3 Å². The second-order valence-electron chi connectivity index (χ2n) is 7.87. The number of alkyl halides is 3. The van der Waals surface area contributed by atoms with Gasteiger partial charge >= 0.3 is 18.2 Å². The number of hydrogen-bond donors (Lipinski definition) is 2. The van der Waals surface area contributed by atoms with E-state index in [0.717, 1.165) is 17.7 Å². The molecule has 0 aliphatic rings. The Hall–Kier alpha value is -4.15. The second-order valence-corrected chi connectivity index (χ2v) is 7.87. The van der Waals surface area contributed by atoms with Gasteiger partial charge in [0.25, 0.3) is 0 Å². The van der Waals surface area contributed by atoms with Crippen molar-refractivity contribution in [3.8, 4) is 0 Å². The van der Waals surface area contributed by atoms with Crippen LogP contribution in [0, 0.1) is 0 Å². The number of carboxylic acid groups (broad SMARTS) is 1. The first kappa shape index (κ1) is 25.5. The third-order valence-corrected chi connectivity index (χ3v) is 4.87. The van der Waals surface area contributed by atoms with Crippen molar-refractivity contribution in [1.82, 2.24) is 9.97 Å². The van der Waals surface area contributed by atoms with Gasteiger partial charge in [-0.2, -0.15) is 13.2 Å². The Bertz CT molecular complexity index is 1180. The van der Waals surface area contributed by atoms with E-state index in [1.54, 1.807) is 43.3 Å². The Morgan fingerprint density at radius 2 is 1.66 bits per heavy atom. The highest BCUT2D eigenvalue weighted by Crippen LogP contribution is 2.29. The monoisotopic (exact) mass is 488 g/mol. The van der Waals surface area contributed by atoms with Gasteiger partial charge in [0.2, 0.25) is 0 Å². The summed E-state index contributed by atoms with van der Waals surface area (Å²) >= 11 is 0. The Balaban J connectivity index is 1.55. The van der Waals surface area contributed by atoms with Crippen LogP contribution in [0.3, 0.4) is 0 Å². The third-order valence-electron chi connectivity index (χ3n) is 4.87. The zero-order valence-corrected chi connectivity index (χ0v) is 19.0. The van der Waals surface area contributed by atoms with Gasteiger partial charge in [-0.3, -0.25) is 10.1 Å². The maximum Gasteiger partial charge on any atom is 0.416 e. The normalized spacial score (nSPS) is 11.1. The van der Waals surface area contributed by atoms with Crippen LogP contribution in [0.5, 0.6) is 0 Å². The van der Waals surface area contributed by atoms with E-state index >= 15 is 0 Å². The number of benzene rings is 2. The quantitative estimate of drug-likeness (QED) is 0.480. The molecule has 0 atom stereocenters. The SMILES string of the molecule is CN(C)c1nc(Cc2ccc(NC(=O)OCc3ccc(C(F)(F)F)cc3)cc2)ncc1CC(=O)O. The van der Waals surface area contributed by atoms with E-state index in [1.807, 2.05) is 0 Å². The standard InChI is InChI=1S/C24H23F3N4O4/c1-31(2)22-17(12-21(32)33)13-28-20(30-22)11-15-5-9-19(10-6-15)29-23(34)35-14-16-3-7-18(8-4-16)24(25,26)27/h3-10,13H,11-12,14H2,1-2H3,(H,29,34)(H,32,33). The number of aliphatic carboxylic acids is 1. The number of anilines is 2. The molecule has 1 amide bonds. The molecule has 1 aromatic heterocycles. The second kappa shape index (κ2) is 10.9. The molecule has 0 spiro atoms. The molecule has 8 nitrogen and oxygen atoms in total. The number of halogens is 3. The van der Waals surface area contributed by atoms with E-state index in [2.05, 4.69) is 15.3 Å². The number of nitrogens with one attached hydrogen (secondary N) is 1. The molecule has 0 saturated carbocycles. The summed E-state index contributed by atoms with van der Waals surface area (Å²) in [5, 5.41) is 11.6. The van der Waals surface area contributed by atoms with E-state index in [-0.39, 0.29) is 13.0 Å². The van der Waals surface area contributed by atoms with Crippen LogP contribution in [-0.4, -0.2) is 41.2 Å². The Morgan fingerprint density at radius 1 is 1.03 bits per heavy atom. The minimum Gasteiger partial charge on any atom is -0.481 e. The smallest absolute Gasteiger partial charge is 0.416 e. The van der Waals surface area contributed by atoms with Crippen LogP contribution in [0.15, 0.2) is 54.7 Å². The average Bonchev–Trinajstić information content (AvgIpc) is 2.79. The van der Waals surface area contributed by atoms with Crippen molar-refractivity contribution < 1.29 is 32.6 Å². The van der Waals surface area contributed by atoms with Crippen LogP contribution in [0.1, 0.15) is 28.1 Å². The number of aromatic nitrogens is 2.